The Hall–Kier alpha value is -0.210. The summed E-state index contributed by atoms with van der Waals surface area (Å²) in [6, 6.07) is 0. The largest absolute Gasteiger partial charge is 0.220 e. The van der Waals surface area contributed by atoms with Crippen LogP contribution in [0.1, 0.15) is 13.3 Å². The van der Waals surface area contributed by atoms with Crippen molar-refractivity contribution in [2.75, 3.05) is 0 Å². The average molecular weight is 134 g/mol. The van der Waals surface area contributed by atoms with Crippen LogP contribution in [0.4, 0.5) is 0 Å². The Morgan fingerprint density at radius 1 is 1.75 bits per heavy atom. The van der Waals surface area contributed by atoms with E-state index < -0.39 is 0 Å². The molecule has 3 nitrogen and oxygen atoms in total. The Kier molecular flexibility index (Phi) is 6.61. The normalized spacial score (nSPS) is 7.75. The van der Waals surface area contributed by atoms with Gasteiger partial charge in [0.05, 0.1) is 0 Å². The quantitative estimate of drug-likeness (QED) is 0.204. The van der Waals surface area contributed by atoms with Crippen molar-refractivity contribution in [1.29, 1.82) is 0 Å². The summed E-state index contributed by atoms with van der Waals surface area (Å²) in [7, 11) is 0. The second-order valence-electron chi connectivity index (χ2n) is 0.858. The van der Waals surface area contributed by atoms with Gasteiger partial charge in [0.2, 0.25) is 0 Å². The fourth-order valence-corrected chi connectivity index (χ4v) is 0.402. The first kappa shape index (κ1) is 7.79. The molecule has 1 N–H and O–H groups in total. The van der Waals surface area contributed by atoms with E-state index in [1.54, 1.807) is 0 Å². The van der Waals surface area contributed by atoms with Gasteiger partial charge >= 0.3 is 0 Å². The van der Waals surface area contributed by atoms with Gasteiger partial charge in [-0.2, -0.15) is 0 Å². The summed E-state index contributed by atoms with van der Waals surface area (Å²) in [4.78, 5) is 0. The Bertz CT molecular complexity index is 93.2. The summed E-state index contributed by atoms with van der Waals surface area (Å²) in [5.74, 6) is 2.68. The standard InChI is InChI=1S/C4H6O3S/c1-2-3-4-8-7-6-5/h5H,2H2,1H3. The van der Waals surface area contributed by atoms with Crippen molar-refractivity contribution in [2.24, 2.45) is 0 Å². The molecule has 0 radical (unpaired) electrons. The SMILES string of the molecule is CCC#CSOOO. The molecule has 0 aliphatic heterocycles. The molecule has 0 heterocycles. The smallest absolute Gasteiger partial charge is 0.124 e. The van der Waals surface area contributed by atoms with Gasteiger partial charge < -0.3 is 0 Å². The summed E-state index contributed by atoms with van der Waals surface area (Å²) < 4.78 is 3.93. The number of hydrogen-bond acceptors (Lipinski definition) is 4. The zero-order chi connectivity index (χ0) is 6.24. The lowest BCUT2D eigenvalue weighted by atomic mass is 10.5. The molecule has 4 heteroatoms. The Morgan fingerprint density at radius 2 is 2.50 bits per heavy atom. The topological polar surface area (TPSA) is 38.7 Å². The van der Waals surface area contributed by atoms with E-state index in [2.05, 4.69) is 20.5 Å². The van der Waals surface area contributed by atoms with Gasteiger partial charge in [-0.3, -0.25) is 0 Å². The van der Waals surface area contributed by atoms with Crippen molar-refractivity contribution in [1.82, 2.24) is 0 Å². The van der Waals surface area contributed by atoms with Gasteiger partial charge in [-0.15, -0.1) is 4.33 Å². The average Bonchev–Trinajstić information content (AvgIpc) is 1.81. The highest BCUT2D eigenvalue weighted by molar-refractivity contribution is 7.99. The molecule has 0 rings (SSSR count). The lowest BCUT2D eigenvalue weighted by Crippen LogP contribution is -1.72. The highest BCUT2D eigenvalue weighted by Gasteiger charge is 1.75. The fraction of sp³-hybridized carbons (Fsp3) is 0.500. The van der Waals surface area contributed by atoms with Crippen LogP contribution in [-0.2, 0) is 9.37 Å². The highest BCUT2D eigenvalue weighted by atomic mass is 32.2. The van der Waals surface area contributed by atoms with Crippen molar-refractivity contribution in [3.8, 4) is 11.2 Å². The van der Waals surface area contributed by atoms with Crippen LogP contribution in [0.3, 0.4) is 0 Å². The molecule has 0 saturated heterocycles. The third-order valence-corrected chi connectivity index (χ3v) is 0.712. The van der Waals surface area contributed by atoms with E-state index in [4.69, 9.17) is 5.26 Å². The predicted molar refractivity (Wildman–Crippen MR) is 30.5 cm³/mol. The summed E-state index contributed by atoms with van der Waals surface area (Å²) in [5.41, 5.74) is 0. The van der Waals surface area contributed by atoms with Crippen LogP contribution in [0.2, 0.25) is 0 Å². The number of hydrogen-bond donors (Lipinski definition) is 1. The lowest BCUT2D eigenvalue weighted by molar-refractivity contribution is -0.431. The van der Waals surface area contributed by atoms with Crippen LogP contribution >= 0.6 is 12.0 Å². The molecule has 8 heavy (non-hydrogen) atoms. The molecule has 0 spiro atoms. The third-order valence-electron chi connectivity index (χ3n) is 0.355. The zero-order valence-electron chi connectivity index (χ0n) is 4.38. The maximum Gasteiger partial charge on any atom is 0.124 e. The van der Waals surface area contributed by atoms with E-state index in [1.165, 1.54) is 0 Å². The molecule has 0 aliphatic rings. The molecule has 0 amide bonds. The van der Waals surface area contributed by atoms with Crippen LogP contribution in [0.15, 0.2) is 0 Å². The van der Waals surface area contributed by atoms with Crippen molar-refractivity contribution >= 4 is 12.0 Å². The minimum absolute atomic E-state index is 0.744. The molecule has 0 aromatic heterocycles. The second kappa shape index (κ2) is 6.79. The molecule has 0 bridgehead atoms. The summed E-state index contributed by atoms with van der Waals surface area (Å²) >= 11 is 0.744. The Balaban J connectivity index is 2.90. The number of rotatable bonds is 2. The maximum absolute atomic E-state index is 7.55. The fourth-order valence-electron chi connectivity index (χ4n) is 0.134. The van der Waals surface area contributed by atoms with Crippen LogP contribution < -0.4 is 0 Å². The lowest BCUT2D eigenvalue weighted by Gasteiger charge is -1.81. The van der Waals surface area contributed by atoms with Crippen molar-refractivity contribution in [3.05, 3.63) is 0 Å². The van der Waals surface area contributed by atoms with E-state index in [0.717, 1.165) is 18.5 Å². The minimum atomic E-state index is 0.744. The first-order chi connectivity index (χ1) is 3.91. The van der Waals surface area contributed by atoms with Crippen LogP contribution in [-0.4, -0.2) is 5.26 Å². The predicted octanol–water partition coefficient (Wildman–Crippen LogP) is 1.43. The molecule has 0 atom stereocenters. The van der Waals surface area contributed by atoms with Crippen molar-refractivity contribution in [3.63, 3.8) is 0 Å². The van der Waals surface area contributed by atoms with Gasteiger partial charge in [0.1, 0.15) is 12.0 Å². The first-order valence-electron chi connectivity index (χ1n) is 2.03. The van der Waals surface area contributed by atoms with Crippen LogP contribution in [0.25, 0.3) is 0 Å². The molecule has 0 unspecified atom stereocenters. The molecule has 0 fully saturated rings. The zero-order valence-corrected chi connectivity index (χ0v) is 5.20. The molecule has 0 aromatic carbocycles. The van der Waals surface area contributed by atoms with Crippen LogP contribution in [0.5, 0.6) is 0 Å². The van der Waals surface area contributed by atoms with Gasteiger partial charge in [0, 0.05) is 6.42 Å². The monoisotopic (exact) mass is 134 g/mol. The maximum atomic E-state index is 7.55. The minimum Gasteiger partial charge on any atom is -0.220 e. The van der Waals surface area contributed by atoms with E-state index >= 15 is 0 Å². The Morgan fingerprint density at radius 3 is 3.00 bits per heavy atom. The van der Waals surface area contributed by atoms with Gasteiger partial charge in [-0.05, 0) is 5.25 Å². The van der Waals surface area contributed by atoms with Gasteiger partial charge in [0.25, 0.3) is 0 Å². The molecule has 0 aliphatic carbocycles. The molecular weight excluding hydrogens is 128 g/mol. The van der Waals surface area contributed by atoms with Gasteiger partial charge in [-0.1, -0.05) is 17.9 Å². The first-order valence-corrected chi connectivity index (χ1v) is 2.77. The molecule has 0 saturated carbocycles. The van der Waals surface area contributed by atoms with E-state index in [1.807, 2.05) is 6.92 Å². The van der Waals surface area contributed by atoms with Crippen molar-refractivity contribution in [2.45, 2.75) is 13.3 Å². The second-order valence-corrected chi connectivity index (χ2v) is 1.37. The summed E-state index contributed by atoms with van der Waals surface area (Å²) in [6.07, 6.45) is 0.766. The highest BCUT2D eigenvalue weighted by Crippen LogP contribution is 1.96. The van der Waals surface area contributed by atoms with E-state index in [9.17, 15) is 0 Å². The molecule has 46 valence electrons. The summed E-state index contributed by atoms with van der Waals surface area (Å²) in [5, 5.41) is 13.3. The molecule has 0 aromatic rings. The van der Waals surface area contributed by atoms with E-state index in [0.29, 0.717) is 0 Å². The third kappa shape index (κ3) is 5.79. The van der Waals surface area contributed by atoms with Crippen LogP contribution in [0, 0.1) is 11.2 Å². The molecular formula is C4H6O3S. The Labute approximate surface area is 52.0 Å². The van der Waals surface area contributed by atoms with Gasteiger partial charge in [-0.25, -0.2) is 5.26 Å². The summed E-state index contributed by atoms with van der Waals surface area (Å²) in [6.45, 7) is 1.91. The van der Waals surface area contributed by atoms with Gasteiger partial charge in [0.15, 0.2) is 0 Å². The van der Waals surface area contributed by atoms with E-state index in [-0.39, 0.29) is 0 Å². The van der Waals surface area contributed by atoms with Crippen molar-refractivity contribution < 1.29 is 14.6 Å².